The van der Waals surface area contributed by atoms with Crippen LogP contribution in [0.1, 0.15) is 42.7 Å². The molecule has 2 heterocycles. The predicted molar refractivity (Wildman–Crippen MR) is 135 cm³/mol. The minimum atomic E-state index is -1.06. The van der Waals surface area contributed by atoms with Gasteiger partial charge in [-0.15, -0.1) is 11.3 Å². The number of thioether (sulfide) groups is 1. The van der Waals surface area contributed by atoms with E-state index < -0.39 is 18.1 Å². The van der Waals surface area contributed by atoms with Crippen LogP contribution in [-0.4, -0.2) is 64.6 Å². The van der Waals surface area contributed by atoms with E-state index in [1.165, 1.54) is 16.2 Å². The smallest absolute Gasteiger partial charge is 0.323 e. The highest BCUT2D eigenvalue weighted by Gasteiger charge is 2.37. The van der Waals surface area contributed by atoms with E-state index in [1.54, 1.807) is 11.8 Å². The van der Waals surface area contributed by atoms with Crippen molar-refractivity contribution in [1.29, 1.82) is 0 Å². The Morgan fingerprint density at radius 1 is 1.21 bits per heavy atom. The Labute approximate surface area is 208 Å². The number of aryl methyl sites for hydroxylation is 1. The number of nitrogens with zero attached hydrogens (tertiary/aromatic N) is 1. The molecule has 0 saturated carbocycles. The third kappa shape index (κ3) is 7.58. The number of rotatable bonds is 12. The van der Waals surface area contributed by atoms with Gasteiger partial charge in [-0.3, -0.25) is 19.7 Å². The Morgan fingerprint density at radius 2 is 2.00 bits per heavy atom. The molecule has 7 nitrogen and oxygen atoms in total. The first kappa shape index (κ1) is 26.2. The lowest BCUT2D eigenvalue weighted by Crippen LogP contribution is -2.54. The number of esters is 1. The monoisotopic (exact) mass is 504 g/mol. The van der Waals surface area contributed by atoms with Gasteiger partial charge in [0.05, 0.1) is 18.7 Å². The number of unbranched alkanes of at least 4 members (excludes halogenated alkanes) is 1. The van der Waals surface area contributed by atoms with E-state index in [4.69, 9.17) is 4.74 Å². The van der Waals surface area contributed by atoms with Gasteiger partial charge in [-0.25, -0.2) is 0 Å². The van der Waals surface area contributed by atoms with Crippen LogP contribution in [0.15, 0.2) is 47.8 Å². The van der Waals surface area contributed by atoms with Crippen LogP contribution in [0.4, 0.5) is 0 Å². The molecule has 2 unspecified atom stereocenters. The van der Waals surface area contributed by atoms with Gasteiger partial charge in [-0.1, -0.05) is 49.7 Å². The molecule has 1 aliphatic rings. The molecule has 3 rings (SSSR count). The molecule has 2 aromatic rings. The molecule has 1 aromatic carbocycles. The molecule has 9 heteroatoms. The minimum Gasteiger partial charge on any atom is -0.480 e. The quantitative estimate of drug-likeness (QED) is 0.336. The molecule has 0 spiro atoms. The van der Waals surface area contributed by atoms with E-state index >= 15 is 0 Å². The molecule has 2 N–H and O–H groups in total. The summed E-state index contributed by atoms with van der Waals surface area (Å²) in [5, 5.41) is 14.6. The second kappa shape index (κ2) is 13.5. The summed E-state index contributed by atoms with van der Waals surface area (Å²) in [5.41, 5.74) is 1.10. The van der Waals surface area contributed by atoms with Gasteiger partial charge in [0, 0.05) is 16.4 Å². The Morgan fingerprint density at radius 3 is 2.68 bits per heavy atom. The zero-order chi connectivity index (χ0) is 24.3. The molecule has 0 radical (unpaired) electrons. The third-order valence-corrected chi connectivity index (χ3v) is 7.78. The lowest BCUT2D eigenvalue weighted by atomic mass is 10.0. The van der Waals surface area contributed by atoms with Crippen molar-refractivity contribution in [2.45, 2.75) is 50.7 Å². The Balaban J connectivity index is 1.76. The summed E-state index contributed by atoms with van der Waals surface area (Å²) in [5.74, 6) is -0.656. The maximum Gasteiger partial charge on any atom is 0.323 e. The second-order valence-corrected chi connectivity index (χ2v) is 10.3. The standard InChI is InChI=1S/C25H32N2O5S2/c1-2-3-13-32-25(31)19(12-11-18-8-5-4-6-9-18)26-20-16-33-17-21(22-10-7-14-34-22)27(24(20)30)15-23(28)29/h4-10,14,19-21,26H,2-3,11-13,15-17H2,1H3,(H,28,29)/t19-,20?,21?/m0/s1. The van der Waals surface area contributed by atoms with E-state index in [0.29, 0.717) is 31.0 Å². The van der Waals surface area contributed by atoms with Crippen LogP contribution in [0.3, 0.4) is 0 Å². The van der Waals surface area contributed by atoms with Crippen molar-refractivity contribution in [3.05, 3.63) is 58.3 Å². The number of amides is 1. The van der Waals surface area contributed by atoms with E-state index in [2.05, 4.69) is 5.32 Å². The first-order valence-electron chi connectivity index (χ1n) is 11.6. The van der Waals surface area contributed by atoms with Crippen molar-refractivity contribution < 1.29 is 24.2 Å². The number of hydrogen-bond donors (Lipinski definition) is 2. The summed E-state index contributed by atoms with van der Waals surface area (Å²) in [4.78, 5) is 40.4. The second-order valence-electron chi connectivity index (χ2n) is 8.25. The van der Waals surface area contributed by atoms with Crippen molar-refractivity contribution >= 4 is 40.9 Å². The first-order valence-corrected chi connectivity index (χ1v) is 13.6. The van der Waals surface area contributed by atoms with Crippen molar-refractivity contribution in [3.8, 4) is 0 Å². The van der Waals surface area contributed by atoms with Crippen LogP contribution in [-0.2, 0) is 25.5 Å². The fourth-order valence-corrected chi connectivity index (χ4v) is 6.01. The van der Waals surface area contributed by atoms with E-state index in [-0.39, 0.29) is 24.5 Å². The summed E-state index contributed by atoms with van der Waals surface area (Å²) >= 11 is 3.10. The Hall–Kier alpha value is -2.36. The molecule has 0 bridgehead atoms. The van der Waals surface area contributed by atoms with Crippen molar-refractivity contribution in [2.24, 2.45) is 0 Å². The maximum absolute atomic E-state index is 13.5. The van der Waals surface area contributed by atoms with Crippen LogP contribution in [0.2, 0.25) is 0 Å². The topological polar surface area (TPSA) is 95.9 Å². The van der Waals surface area contributed by atoms with Gasteiger partial charge >= 0.3 is 11.9 Å². The number of hydrogen-bond acceptors (Lipinski definition) is 7. The third-order valence-electron chi connectivity index (χ3n) is 5.69. The summed E-state index contributed by atoms with van der Waals surface area (Å²) in [6, 6.07) is 12.1. The van der Waals surface area contributed by atoms with Crippen molar-refractivity contribution in [3.63, 3.8) is 0 Å². The maximum atomic E-state index is 13.5. The minimum absolute atomic E-state index is 0.295. The lowest BCUT2D eigenvalue weighted by molar-refractivity contribution is -0.149. The highest BCUT2D eigenvalue weighted by atomic mass is 32.2. The predicted octanol–water partition coefficient (Wildman–Crippen LogP) is 3.75. The van der Waals surface area contributed by atoms with Gasteiger partial charge in [0.25, 0.3) is 0 Å². The average Bonchev–Trinajstić information content (AvgIpc) is 3.32. The molecule has 0 aliphatic carbocycles. The Kier molecular flexibility index (Phi) is 10.4. The Bertz CT molecular complexity index is 923. The summed E-state index contributed by atoms with van der Waals surface area (Å²) in [6.45, 7) is 2.00. The zero-order valence-corrected chi connectivity index (χ0v) is 21.0. The number of carboxylic acid groups (broad SMARTS) is 1. The van der Waals surface area contributed by atoms with Crippen LogP contribution >= 0.6 is 23.1 Å². The average molecular weight is 505 g/mol. The normalized spacial score (nSPS) is 19.4. The number of carbonyl (C=O) groups is 3. The summed E-state index contributed by atoms with van der Waals surface area (Å²) in [6.07, 6.45) is 2.84. The molecule has 1 amide bonds. The van der Waals surface area contributed by atoms with E-state index in [9.17, 15) is 19.5 Å². The molecular weight excluding hydrogens is 472 g/mol. The molecule has 3 atom stereocenters. The molecule has 1 aliphatic heterocycles. The number of thiophene rings is 1. The number of carbonyl (C=O) groups excluding carboxylic acids is 2. The van der Waals surface area contributed by atoms with E-state index in [0.717, 1.165) is 23.3 Å². The van der Waals surface area contributed by atoms with E-state index in [1.807, 2.05) is 54.8 Å². The number of aliphatic carboxylic acids is 1. The van der Waals surface area contributed by atoms with Gasteiger partial charge in [0.2, 0.25) is 5.91 Å². The molecule has 1 saturated heterocycles. The van der Waals surface area contributed by atoms with Gasteiger partial charge < -0.3 is 14.7 Å². The van der Waals surface area contributed by atoms with Crippen LogP contribution in [0.5, 0.6) is 0 Å². The number of benzene rings is 1. The SMILES string of the molecule is CCCCOC(=O)[C@H](CCc1ccccc1)NC1CSCC(c2cccs2)N(CC(=O)O)C1=O. The lowest BCUT2D eigenvalue weighted by Gasteiger charge is -2.30. The molecular formula is C25H32N2O5S2. The van der Waals surface area contributed by atoms with Crippen LogP contribution in [0, 0.1) is 0 Å². The van der Waals surface area contributed by atoms with Crippen LogP contribution in [0.25, 0.3) is 0 Å². The van der Waals surface area contributed by atoms with Gasteiger partial charge in [0.15, 0.2) is 0 Å². The van der Waals surface area contributed by atoms with Gasteiger partial charge in [-0.2, -0.15) is 11.8 Å². The highest BCUT2D eigenvalue weighted by molar-refractivity contribution is 7.99. The number of ether oxygens (including phenoxy) is 1. The molecule has 1 aromatic heterocycles. The van der Waals surface area contributed by atoms with Crippen LogP contribution < -0.4 is 5.32 Å². The highest BCUT2D eigenvalue weighted by Crippen LogP contribution is 2.32. The molecule has 184 valence electrons. The molecule has 34 heavy (non-hydrogen) atoms. The van der Waals surface area contributed by atoms with Gasteiger partial charge in [0.1, 0.15) is 12.6 Å². The van der Waals surface area contributed by atoms with Crippen molar-refractivity contribution in [1.82, 2.24) is 10.2 Å². The largest absolute Gasteiger partial charge is 0.480 e. The summed E-state index contributed by atoms with van der Waals surface area (Å²) < 4.78 is 5.49. The first-order chi connectivity index (χ1) is 16.5. The van der Waals surface area contributed by atoms with Crippen molar-refractivity contribution in [2.75, 3.05) is 24.7 Å². The fraction of sp³-hybridized carbons (Fsp3) is 0.480. The number of carboxylic acids is 1. The van der Waals surface area contributed by atoms with Gasteiger partial charge in [-0.05, 0) is 36.3 Å². The summed E-state index contributed by atoms with van der Waals surface area (Å²) in [7, 11) is 0. The number of nitrogens with one attached hydrogen (secondary N) is 1. The fourth-order valence-electron chi connectivity index (χ4n) is 3.87. The zero-order valence-electron chi connectivity index (χ0n) is 19.4. The molecule has 1 fully saturated rings.